The van der Waals surface area contributed by atoms with Gasteiger partial charge in [0.1, 0.15) is 0 Å². The van der Waals surface area contributed by atoms with Gasteiger partial charge < -0.3 is 14.8 Å². The van der Waals surface area contributed by atoms with Gasteiger partial charge in [-0.2, -0.15) is 0 Å². The third kappa shape index (κ3) is 3.92. The van der Waals surface area contributed by atoms with Gasteiger partial charge in [0.05, 0.1) is 7.11 Å². The summed E-state index contributed by atoms with van der Waals surface area (Å²) in [7, 11) is 1.56. The normalized spacial score (nSPS) is 11.6. The Hall–Kier alpha value is -2.20. The maximum Gasteiger partial charge on any atom is 0.265 e. The smallest absolute Gasteiger partial charge is 0.265 e. The largest absolute Gasteiger partial charge is 0.493 e. The molecule has 0 saturated heterocycles. The van der Waals surface area contributed by atoms with Gasteiger partial charge in [0.25, 0.3) is 5.91 Å². The number of anilines is 1. The minimum absolute atomic E-state index is 0.258. The van der Waals surface area contributed by atoms with Crippen LogP contribution in [0.5, 0.6) is 11.5 Å². The third-order valence-corrected chi connectivity index (χ3v) is 3.59. The fourth-order valence-electron chi connectivity index (χ4n) is 1.87. The second-order valence-corrected chi connectivity index (χ2v) is 5.27. The van der Waals surface area contributed by atoms with Crippen molar-refractivity contribution in [3.05, 3.63) is 53.1 Å². The number of halogens is 1. The maximum absolute atomic E-state index is 12.2. The van der Waals surface area contributed by atoms with Crippen LogP contribution in [0.25, 0.3) is 0 Å². The van der Waals surface area contributed by atoms with Crippen LogP contribution in [0.2, 0.25) is 5.02 Å². The molecule has 0 fully saturated rings. The van der Waals surface area contributed by atoms with E-state index in [1.165, 1.54) is 0 Å². The maximum atomic E-state index is 12.2. The van der Waals surface area contributed by atoms with Crippen molar-refractivity contribution in [2.45, 2.75) is 20.0 Å². The molecule has 1 N–H and O–H groups in total. The molecule has 0 aromatic heterocycles. The van der Waals surface area contributed by atoms with Crippen LogP contribution in [0.4, 0.5) is 5.69 Å². The number of ether oxygens (including phenoxy) is 2. The summed E-state index contributed by atoms with van der Waals surface area (Å²) >= 11 is 6.05. The van der Waals surface area contributed by atoms with Gasteiger partial charge >= 0.3 is 0 Å². The summed E-state index contributed by atoms with van der Waals surface area (Å²) in [5.41, 5.74) is 1.59. The number of carbonyl (C=O) groups excluding carboxylic acids is 1. The zero-order valence-corrected chi connectivity index (χ0v) is 13.5. The van der Waals surface area contributed by atoms with Crippen molar-refractivity contribution in [3.63, 3.8) is 0 Å². The number of benzene rings is 2. The lowest BCUT2D eigenvalue weighted by Crippen LogP contribution is -2.30. The number of nitrogens with one attached hydrogen (secondary N) is 1. The molecule has 0 aliphatic heterocycles. The number of hydrogen-bond donors (Lipinski definition) is 1. The molecule has 0 bridgehead atoms. The second-order valence-electron chi connectivity index (χ2n) is 4.86. The molecule has 0 aliphatic carbocycles. The number of amides is 1. The highest BCUT2D eigenvalue weighted by Crippen LogP contribution is 2.27. The Morgan fingerprint density at radius 3 is 2.50 bits per heavy atom. The molecule has 116 valence electrons. The van der Waals surface area contributed by atoms with Gasteiger partial charge in [-0.1, -0.05) is 29.8 Å². The molecule has 2 aromatic carbocycles. The molecule has 1 atom stereocenters. The van der Waals surface area contributed by atoms with Crippen molar-refractivity contribution in [2.75, 3.05) is 12.4 Å². The number of aryl methyl sites for hydroxylation is 1. The fraction of sp³-hybridized carbons (Fsp3) is 0.235. The van der Waals surface area contributed by atoms with Gasteiger partial charge in [0.2, 0.25) is 0 Å². The highest BCUT2D eigenvalue weighted by atomic mass is 35.5. The number of hydrogen-bond acceptors (Lipinski definition) is 3. The number of rotatable bonds is 5. The van der Waals surface area contributed by atoms with Crippen molar-refractivity contribution in [1.29, 1.82) is 0 Å². The van der Waals surface area contributed by atoms with Crippen LogP contribution < -0.4 is 14.8 Å². The van der Waals surface area contributed by atoms with Crippen LogP contribution in [0, 0.1) is 6.92 Å². The van der Waals surface area contributed by atoms with Crippen LogP contribution in [0.3, 0.4) is 0 Å². The summed E-state index contributed by atoms with van der Waals surface area (Å²) in [6, 6.07) is 12.6. The minimum atomic E-state index is -0.670. The van der Waals surface area contributed by atoms with Crippen molar-refractivity contribution in [1.82, 2.24) is 0 Å². The third-order valence-electron chi connectivity index (χ3n) is 3.18. The first kappa shape index (κ1) is 16.2. The summed E-state index contributed by atoms with van der Waals surface area (Å²) in [5, 5.41) is 3.39. The number of methoxy groups -OCH3 is 1. The molecule has 0 spiro atoms. The average Bonchev–Trinajstić information content (AvgIpc) is 2.51. The molecule has 22 heavy (non-hydrogen) atoms. The van der Waals surface area contributed by atoms with E-state index < -0.39 is 6.10 Å². The topological polar surface area (TPSA) is 47.6 Å². The van der Waals surface area contributed by atoms with Crippen molar-refractivity contribution in [2.24, 2.45) is 0 Å². The van der Waals surface area contributed by atoms with E-state index in [0.29, 0.717) is 22.2 Å². The molecule has 0 heterocycles. The van der Waals surface area contributed by atoms with Gasteiger partial charge in [0, 0.05) is 10.7 Å². The quantitative estimate of drug-likeness (QED) is 0.904. The highest BCUT2D eigenvalue weighted by Gasteiger charge is 2.17. The van der Waals surface area contributed by atoms with Gasteiger partial charge in [-0.3, -0.25) is 4.79 Å². The van der Waals surface area contributed by atoms with E-state index in [9.17, 15) is 4.79 Å². The van der Waals surface area contributed by atoms with Crippen molar-refractivity contribution in [3.8, 4) is 11.5 Å². The second kappa shape index (κ2) is 7.18. The van der Waals surface area contributed by atoms with E-state index in [-0.39, 0.29) is 5.91 Å². The van der Waals surface area contributed by atoms with Gasteiger partial charge in [0.15, 0.2) is 17.6 Å². The molecule has 0 saturated carbocycles. The van der Waals surface area contributed by atoms with Gasteiger partial charge in [-0.05, 0) is 43.7 Å². The average molecular weight is 320 g/mol. The Morgan fingerprint density at radius 1 is 1.18 bits per heavy atom. The predicted molar refractivity (Wildman–Crippen MR) is 87.9 cm³/mol. The Kier molecular flexibility index (Phi) is 5.28. The molecule has 2 aromatic rings. The van der Waals surface area contributed by atoms with Crippen LogP contribution >= 0.6 is 11.6 Å². The minimum Gasteiger partial charge on any atom is -0.493 e. The van der Waals surface area contributed by atoms with Gasteiger partial charge in [-0.15, -0.1) is 0 Å². The summed E-state index contributed by atoms with van der Waals surface area (Å²) in [4.78, 5) is 12.2. The Balaban J connectivity index is 2.04. The monoisotopic (exact) mass is 319 g/mol. The highest BCUT2D eigenvalue weighted by molar-refractivity contribution is 6.31. The molecule has 0 aliphatic rings. The molecule has 4 nitrogen and oxygen atoms in total. The molecular weight excluding hydrogens is 302 g/mol. The molecular formula is C17H18ClNO3. The molecule has 0 radical (unpaired) electrons. The van der Waals surface area contributed by atoms with Crippen LogP contribution in [-0.2, 0) is 4.79 Å². The number of para-hydroxylation sites is 2. The first-order valence-electron chi connectivity index (χ1n) is 6.88. The summed E-state index contributed by atoms with van der Waals surface area (Å²) in [5.74, 6) is 0.848. The van der Waals surface area contributed by atoms with Crippen LogP contribution in [0.15, 0.2) is 42.5 Å². The lowest BCUT2D eigenvalue weighted by Gasteiger charge is -2.16. The zero-order chi connectivity index (χ0) is 16.1. The van der Waals surface area contributed by atoms with Crippen molar-refractivity contribution >= 4 is 23.2 Å². The van der Waals surface area contributed by atoms with E-state index in [0.717, 1.165) is 5.56 Å². The number of carbonyl (C=O) groups is 1. The fourth-order valence-corrected chi connectivity index (χ4v) is 2.06. The lowest BCUT2D eigenvalue weighted by atomic mass is 10.2. The lowest BCUT2D eigenvalue weighted by molar-refractivity contribution is -0.122. The molecule has 5 heteroatoms. The molecule has 0 unspecified atom stereocenters. The zero-order valence-electron chi connectivity index (χ0n) is 12.7. The van der Waals surface area contributed by atoms with Crippen LogP contribution in [-0.4, -0.2) is 19.1 Å². The van der Waals surface area contributed by atoms with E-state index in [1.807, 2.05) is 25.1 Å². The van der Waals surface area contributed by atoms with Crippen LogP contribution in [0.1, 0.15) is 12.5 Å². The van der Waals surface area contributed by atoms with E-state index in [4.69, 9.17) is 21.1 Å². The van der Waals surface area contributed by atoms with Crippen molar-refractivity contribution < 1.29 is 14.3 Å². The first-order valence-corrected chi connectivity index (χ1v) is 7.25. The summed E-state index contributed by atoms with van der Waals surface area (Å²) < 4.78 is 10.9. The SMILES string of the molecule is COc1ccccc1O[C@@H](C)C(=O)Nc1ccc(C)c(Cl)c1. The Bertz CT molecular complexity index is 673. The molecule has 2 rings (SSSR count). The van der Waals surface area contributed by atoms with E-state index in [1.54, 1.807) is 38.3 Å². The van der Waals surface area contributed by atoms with E-state index in [2.05, 4.69) is 5.32 Å². The summed E-state index contributed by atoms with van der Waals surface area (Å²) in [6.45, 7) is 3.58. The van der Waals surface area contributed by atoms with Gasteiger partial charge in [-0.25, -0.2) is 0 Å². The Labute approximate surface area is 135 Å². The summed E-state index contributed by atoms with van der Waals surface area (Å²) in [6.07, 6.45) is -0.670. The molecule has 1 amide bonds. The standard InChI is InChI=1S/C17H18ClNO3/c1-11-8-9-13(10-14(11)18)19-17(20)12(2)22-16-7-5-4-6-15(16)21-3/h4-10,12H,1-3H3,(H,19,20)/t12-/m0/s1. The first-order chi connectivity index (χ1) is 10.5. The predicted octanol–water partition coefficient (Wildman–Crippen LogP) is 4.06. The Morgan fingerprint density at radius 2 is 1.86 bits per heavy atom. The van der Waals surface area contributed by atoms with E-state index >= 15 is 0 Å².